The highest BCUT2D eigenvalue weighted by Crippen LogP contribution is 2.68. The number of hydrogen-bond acceptors (Lipinski definition) is 7. The lowest BCUT2D eigenvalue weighted by molar-refractivity contribution is -0.544. The van der Waals surface area contributed by atoms with Crippen molar-refractivity contribution in [3.63, 3.8) is 0 Å². The summed E-state index contributed by atoms with van der Waals surface area (Å²) < 4.78 is 51.2. The van der Waals surface area contributed by atoms with Crippen LogP contribution in [0.5, 0.6) is 0 Å². The molecule has 5 rings (SSSR count). The van der Waals surface area contributed by atoms with E-state index >= 15 is 13.2 Å². The second-order valence-corrected chi connectivity index (χ2v) is 9.88. The molecule has 3 aromatic rings. The molecule has 0 heterocycles. The highest BCUT2D eigenvalue weighted by molar-refractivity contribution is 6.31. The van der Waals surface area contributed by atoms with E-state index in [2.05, 4.69) is 0 Å². The number of hydrogen-bond donors (Lipinski definition) is 1. The first-order valence-corrected chi connectivity index (χ1v) is 12.2. The summed E-state index contributed by atoms with van der Waals surface area (Å²) in [5.41, 5.74) is -9.01. The minimum atomic E-state index is -5.80. The number of alkyl halides is 3. The van der Waals surface area contributed by atoms with E-state index in [0.717, 1.165) is 19.2 Å². The Kier molecular flexibility index (Phi) is 6.37. The highest BCUT2D eigenvalue weighted by atomic mass is 19.4. The van der Waals surface area contributed by atoms with Crippen LogP contribution in [0.3, 0.4) is 0 Å². The molecule has 0 aromatic heterocycles. The maximum Gasteiger partial charge on any atom is 0.419 e. The lowest BCUT2D eigenvalue weighted by Crippen LogP contribution is -2.76. The van der Waals surface area contributed by atoms with Crippen LogP contribution >= 0.6 is 0 Å². The van der Waals surface area contributed by atoms with Crippen molar-refractivity contribution in [1.29, 1.82) is 0 Å². The number of carbonyl (C=O) groups excluding carboxylic acids is 3. The number of rotatable bonds is 4. The zero-order valence-electron chi connectivity index (χ0n) is 20.9. The van der Waals surface area contributed by atoms with Gasteiger partial charge in [-0.2, -0.15) is 13.2 Å². The average molecular weight is 553 g/mol. The molecule has 0 unspecified atom stereocenters. The van der Waals surface area contributed by atoms with Crippen LogP contribution in [0.25, 0.3) is 0 Å². The normalized spacial score (nSPS) is 27.3. The lowest BCUT2D eigenvalue weighted by Gasteiger charge is -2.56. The van der Waals surface area contributed by atoms with Gasteiger partial charge in [-0.15, -0.1) is 0 Å². The average Bonchev–Trinajstić information content (AvgIpc) is 3.17. The summed E-state index contributed by atoms with van der Waals surface area (Å²) in [6, 6.07) is 16.5. The summed E-state index contributed by atoms with van der Waals surface area (Å²) in [6.45, 7) is 0. The molecule has 5 atom stereocenters. The highest BCUT2D eigenvalue weighted by Gasteiger charge is 2.87. The largest absolute Gasteiger partial charge is 0.469 e. The molecule has 1 fully saturated rings. The summed E-state index contributed by atoms with van der Waals surface area (Å²) in [5.74, 6) is -11.4. The standard InChI is InChI=1S/C29H22F3NO7/c1-40-26(36)22-20(16-10-4-2-5-11-16)23(33(38)39)21(17-12-6-3-7-13-17)27(28(22,37)29(30,31)32)24(34)18-14-8-9-15-19(18)25(27)35/h2-15,20-23,37H,1H3/t20-,21+,22+,23-,28-/m1/s1. The quantitative estimate of drug-likeness (QED) is 0.220. The number of carbonyl (C=O) groups is 3. The number of fused-ring (bicyclic) bond motifs is 1. The molecule has 1 saturated carbocycles. The Labute approximate surface area is 225 Å². The van der Waals surface area contributed by atoms with Crippen molar-refractivity contribution in [2.75, 3.05) is 7.11 Å². The molecule has 0 radical (unpaired) electrons. The van der Waals surface area contributed by atoms with Crippen LogP contribution in [0.1, 0.15) is 43.7 Å². The van der Waals surface area contributed by atoms with E-state index < -0.39 is 74.6 Å². The number of nitrogens with zero attached hydrogens (tertiary/aromatic N) is 1. The Bertz CT molecular complexity index is 1470. The van der Waals surface area contributed by atoms with Gasteiger partial charge in [0.05, 0.1) is 18.9 Å². The molecule has 8 nitrogen and oxygen atoms in total. The Balaban J connectivity index is 2.00. The van der Waals surface area contributed by atoms with Crippen LogP contribution < -0.4 is 0 Å². The van der Waals surface area contributed by atoms with E-state index in [1.54, 1.807) is 0 Å². The first-order valence-electron chi connectivity index (χ1n) is 12.2. The number of esters is 1. The van der Waals surface area contributed by atoms with E-state index in [1.807, 2.05) is 0 Å². The predicted molar refractivity (Wildman–Crippen MR) is 133 cm³/mol. The summed E-state index contributed by atoms with van der Waals surface area (Å²) in [7, 11) is 0.769. The van der Waals surface area contributed by atoms with Gasteiger partial charge in [-0.05, 0) is 11.1 Å². The smallest absolute Gasteiger partial charge is 0.419 e. The van der Waals surface area contributed by atoms with Gasteiger partial charge in [0.15, 0.2) is 17.2 Å². The summed E-state index contributed by atoms with van der Waals surface area (Å²) >= 11 is 0. The van der Waals surface area contributed by atoms with E-state index in [1.165, 1.54) is 72.8 Å². The fourth-order valence-electron chi connectivity index (χ4n) is 6.71. The number of nitro groups is 1. The summed E-state index contributed by atoms with van der Waals surface area (Å²) in [5, 5.41) is 25.0. The fourth-order valence-corrected chi connectivity index (χ4v) is 6.71. The number of methoxy groups -OCH3 is 1. The van der Waals surface area contributed by atoms with Gasteiger partial charge in [0.1, 0.15) is 11.3 Å². The van der Waals surface area contributed by atoms with Crippen LogP contribution in [0.4, 0.5) is 13.2 Å². The Morgan fingerprint density at radius 1 is 0.875 bits per heavy atom. The van der Waals surface area contributed by atoms with Crippen molar-refractivity contribution in [2.45, 2.75) is 29.7 Å². The first-order chi connectivity index (χ1) is 18.9. The second kappa shape index (κ2) is 9.37. The van der Waals surface area contributed by atoms with Crippen molar-refractivity contribution in [3.8, 4) is 0 Å². The maximum absolute atomic E-state index is 15.5. The van der Waals surface area contributed by atoms with Crippen LogP contribution in [-0.4, -0.2) is 52.5 Å². The van der Waals surface area contributed by atoms with Gasteiger partial charge in [-0.25, -0.2) is 0 Å². The third kappa shape index (κ3) is 3.40. The van der Waals surface area contributed by atoms with Crippen molar-refractivity contribution in [1.82, 2.24) is 0 Å². The van der Waals surface area contributed by atoms with E-state index in [9.17, 15) is 29.6 Å². The summed E-state index contributed by atoms with van der Waals surface area (Å²) in [6.07, 6.45) is -5.80. The Morgan fingerprint density at radius 3 is 1.75 bits per heavy atom. The van der Waals surface area contributed by atoms with Crippen LogP contribution in [0.15, 0.2) is 84.9 Å². The molecule has 3 aromatic carbocycles. The topological polar surface area (TPSA) is 124 Å². The van der Waals surface area contributed by atoms with Crippen LogP contribution in [-0.2, 0) is 9.53 Å². The minimum absolute atomic E-state index is 0.0755. The van der Waals surface area contributed by atoms with Crippen molar-refractivity contribution >= 4 is 17.5 Å². The molecule has 2 aliphatic carbocycles. The number of Topliss-reactive ketones (excluding diaryl/α,β-unsaturated/α-hetero) is 2. The molecule has 1 N–H and O–H groups in total. The molecule has 40 heavy (non-hydrogen) atoms. The zero-order valence-corrected chi connectivity index (χ0v) is 20.9. The molecule has 11 heteroatoms. The number of ether oxygens (including phenoxy) is 1. The van der Waals surface area contributed by atoms with Gasteiger partial charge in [-0.3, -0.25) is 24.5 Å². The predicted octanol–water partition coefficient (Wildman–Crippen LogP) is 4.36. The molecule has 206 valence electrons. The number of aliphatic hydroxyl groups is 1. The van der Waals surface area contributed by atoms with E-state index in [0.29, 0.717) is 0 Å². The lowest BCUT2D eigenvalue weighted by atomic mass is 9.45. The van der Waals surface area contributed by atoms with Crippen LogP contribution in [0.2, 0.25) is 0 Å². The monoisotopic (exact) mass is 553 g/mol. The van der Waals surface area contributed by atoms with Gasteiger partial charge in [0.25, 0.3) is 0 Å². The van der Waals surface area contributed by atoms with Gasteiger partial charge >= 0.3 is 12.1 Å². The Morgan fingerprint density at radius 2 is 1.32 bits per heavy atom. The summed E-state index contributed by atoms with van der Waals surface area (Å²) in [4.78, 5) is 53.9. The molecule has 0 amide bonds. The maximum atomic E-state index is 15.5. The number of ketones is 2. The van der Waals surface area contributed by atoms with E-state index in [4.69, 9.17) is 4.74 Å². The van der Waals surface area contributed by atoms with Crippen molar-refractivity contribution < 1.29 is 42.3 Å². The fraction of sp³-hybridized carbons (Fsp3) is 0.276. The van der Waals surface area contributed by atoms with Gasteiger partial charge in [-0.1, -0.05) is 84.9 Å². The van der Waals surface area contributed by atoms with E-state index in [-0.39, 0.29) is 11.1 Å². The van der Waals surface area contributed by atoms with Crippen LogP contribution in [0, 0.1) is 21.4 Å². The minimum Gasteiger partial charge on any atom is -0.469 e. The first kappa shape index (κ1) is 27.2. The van der Waals surface area contributed by atoms with Crippen molar-refractivity contribution in [2.24, 2.45) is 11.3 Å². The molecular formula is C29H22F3NO7. The zero-order chi connectivity index (χ0) is 29.0. The van der Waals surface area contributed by atoms with Gasteiger partial charge in [0.2, 0.25) is 6.04 Å². The molecule has 0 aliphatic heterocycles. The number of halogens is 3. The third-order valence-electron chi connectivity index (χ3n) is 8.19. The van der Waals surface area contributed by atoms with Crippen molar-refractivity contribution in [3.05, 3.63) is 117 Å². The SMILES string of the molecule is COC(=O)[C@@H]1[C@@H](c2ccccc2)[C@@H]([N+](=O)[O-])[C@H](c2ccccc2)C2(C(=O)c3ccccc3C2=O)[C@@]1(O)C(F)(F)F. The molecule has 2 aliphatic rings. The molecular weight excluding hydrogens is 531 g/mol. The molecule has 0 bridgehead atoms. The van der Waals surface area contributed by atoms with Gasteiger partial charge < -0.3 is 9.84 Å². The van der Waals surface area contributed by atoms with Gasteiger partial charge in [0, 0.05) is 16.1 Å². The second-order valence-electron chi connectivity index (χ2n) is 9.88. The number of benzene rings is 3. The third-order valence-corrected chi connectivity index (χ3v) is 8.19. The Hall–Kier alpha value is -4.38. The molecule has 1 spiro atoms. The molecule has 0 saturated heterocycles.